The maximum Gasteiger partial charge on any atom is 0.153 e. The Hall–Kier alpha value is -0.130. The van der Waals surface area contributed by atoms with Crippen molar-refractivity contribution in [1.29, 1.82) is 0 Å². The molecule has 2 N–H and O–H groups in total. The molecule has 96 valence electrons. The van der Waals surface area contributed by atoms with Crippen molar-refractivity contribution in [1.82, 2.24) is 4.90 Å². The summed E-state index contributed by atoms with van der Waals surface area (Å²) in [5.41, 5.74) is 6.03. The molecule has 0 aromatic carbocycles. The van der Waals surface area contributed by atoms with Crippen LogP contribution in [0.15, 0.2) is 0 Å². The molecule has 0 bridgehead atoms. The molecule has 16 heavy (non-hydrogen) atoms. The minimum absolute atomic E-state index is 0.117. The van der Waals surface area contributed by atoms with E-state index in [4.69, 9.17) is 5.73 Å². The predicted molar refractivity (Wildman–Crippen MR) is 67.2 cm³/mol. The number of nitrogens with zero attached hydrogens (tertiary/aromatic N) is 1. The Balaban J connectivity index is 2.38. The van der Waals surface area contributed by atoms with Crippen molar-refractivity contribution >= 4 is 9.84 Å². The first-order chi connectivity index (χ1) is 7.44. The van der Waals surface area contributed by atoms with E-state index in [1.165, 1.54) is 0 Å². The molecule has 0 aliphatic carbocycles. The van der Waals surface area contributed by atoms with Gasteiger partial charge in [-0.15, -0.1) is 0 Å². The van der Waals surface area contributed by atoms with Crippen LogP contribution in [0.2, 0.25) is 0 Å². The number of hydrogen-bond acceptors (Lipinski definition) is 4. The van der Waals surface area contributed by atoms with Gasteiger partial charge in [0.2, 0.25) is 0 Å². The highest BCUT2D eigenvalue weighted by molar-refractivity contribution is 7.91. The molecule has 1 heterocycles. The van der Waals surface area contributed by atoms with Crippen LogP contribution in [0.3, 0.4) is 0 Å². The van der Waals surface area contributed by atoms with Crippen LogP contribution < -0.4 is 5.73 Å². The Morgan fingerprint density at radius 2 is 2.19 bits per heavy atom. The molecule has 0 spiro atoms. The van der Waals surface area contributed by atoms with E-state index in [1.807, 2.05) is 6.92 Å². The van der Waals surface area contributed by atoms with E-state index >= 15 is 0 Å². The quantitative estimate of drug-likeness (QED) is 0.775. The molecular formula is C11H24N2O2S. The molecule has 1 fully saturated rings. The lowest BCUT2D eigenvalue weighted by molar-refractivity contribution is 0.209. The summed E-state index contributed by atoms with van der Waals surface area (Å²) >= 11 is 0. The van der Waals surface area contributed by atoms with E-state index in [1.54, 1.807) is 0 Å². The van der Waals surface area contributed by atoms with Gasteiger partial charge in [-0.1, -0.05) is 19.8 Å². The van der Waals surface area contributed by atoms with Crippen molar-refractivity contribution in [2.24, 2.45) is 5.73 Å². The SMILES string of the molecule is CCCCC(N)CN1CCS(=O)(=O)CC1C. The zero-order valence-corrected chi connectivity index (χ0v) is 11.2. The average Bonchev–Trinajstić information content (AvgIpc) is 2.18. The molecule has 2 atom stereocenters. The van der Waals surface area contributed by atoms with Crippen molar-refractivity contribution in [3.8, 4) is 0 Å². The van der Waals surface area contributed by atoms with E-state index in [0.717, 1.165) is 25.8 Å². The minimum atomic E-state index is -2.80. The van der Waals surface area contributed by atoms with Crippen LogP contribution in [0.4, 0.5) is 0 Å². The summed E-state index contributed by atoms with van der Waals surface area (Å²) < 4.78 is 22.8. The zero-order chi connectivity index (χ0) is 12.2. The molecule has 0 radical (unpaired) electrons. The topological polar surface area (TPSA) is 63.4 Å². The van der Waals surface area contributed by atoms with Crippen molar-refractivity contribution in [2.75, 3.05) is 24.6 Å². The monoisotopic (exact) mass is 248 g/mol. The van der Waals surface area contributed by atoms with E-state index in [2.05, 4.69) is 11.8 Å². The molecule has 0 aromatic rings. The minimum Gasteiger partial charge on any atom is -0.327 e. The van der Waals surface area contributed by atoms with Crippen LogP contribution >= 0.6 is 0 Å². The number of sulfone groups is 1. The van der Waals surface area contributed by atoms with Gasteiger partial charge in [0.15, 0.2) is 9.84 Å². The third-order valence-corrected chi connectivity index (χ3v) is 5.00. The number of nitrogens with two attached hydrogens (primary N) is 1. The molecule has 5 heteroatoms. The van der Waals surface area contributed by atoms with Gasteiger partial charge in [0.05, 0.1) is 11.5 Å². The Bertz CT molecular complexity index is 303. The lowest BCUT2D eigenvalue weighted by atomic mass is 10.1. The van der Waals surface area contributed by atoms with Crippen LogP contribution in [0.1, 0.15) is 33.1 Å². The third-order valence-electron chi connectivity index (χ3n) is 3.21. The molecule has 0 saturated carbocycles. The molecular weight excluding hydrogens is 224 g/mol. The van der Waals surface area contributed by atoms with Gasteiger partial charge < -0.3 is 5.73 Å². The molecule has 1 saturated heterocycles. The fourth-order valence-electron chi connectivity index (χ4n) is 2.16. The highest BCUT2D eigenvalue weighted by Crippen LogP contribution is 2.12. The normalized spacial score (nSPS) is 27.8. The Labute approximate surface area is 99.1 Å². The molecule has 4 nitrogen and oxygen atoms in total. The summed E-state index contributed by atoms with van der Waals surface area (Å²) in [5, 5.41) is 0. The van der Waals surface area contributed by atoms with Gasteiger partial charge in [-0.25, -0.2) is 8.42 Å². The van der Waals surface area contributed by atoms with Gasteiger partial charge in [0.25, 0.3) is 0 Å². The highest BCUT2D eigenvalue weighted by Gasteiger charge is 2.28. The molecule has 1 aliphatic heterocycles. The summed E-state index contributed by atoms with van der Waals surface area (Å²) in [6, 6.07) is 0.301. The highest BCUT2D eigenvalue weighted by atomic mass is 32.2. The molecule has 1 rings (SSSR count). The predicted octanol–water partition coefficient (Wildman–Crippen LogP) is 0.623. The Morgan fingerprint density at radius 1 is 1.50 bits per heavy atom. The van der Waals surface area contributed by atoms with Gasteiger partial charge in [-0.2, -0.15) is 0 Å². The third kappa shape index (κ3) is 4.39. The summed E-state index contributed by atoms with van der Waals surface area (Å²) in [6.45, 7) is 5.60. The van der Waals surface area contributed by atoms with Crippen molar-refractivity contribution < 1.29 is 8.42 Å². The summed E-state index contributed by atoms with van der Waals surface area (Å²) in [5.74, 6) is 0.575. The molecule has 0 aromatic heterocycles. The molecule has 1 aliphatic rings. The smallest absolute Gasteiger partial charge is 0.153 e. The first-order valence-corrected chi connectivity index (χ1v) is 7.97. The van der Waals surface area contributed by atoms with Gasteiger partial charge >= 0.3 is 0 Å². The molecule has 2 unspecified atom stereocenters. The Morgan fingerprint density at radius 3 is 2.75 bits per heavy atom. The summed E-state index contributed by atoms with van der Waals surface area (Å²) in [7, 11) is -2.80. The van der Waals surface area contributed by atoms with E-state index < -0.39 is 9.84 Å². The second kappa shape index (κ2) is 5.98. The standard InChI is InChI=1S/C11H24N2O2S/c1-3-4-5-11(12)8-13-6-7-16(14,15)9-10(13)2/h10-11H,3-9,12H2,1-2H3. The van der Waals surface area contributed by atoms with Crippen LogP contribution in [0.5, 0.6) is 0 Å². The van der Waals surface area contributed by atoms with E-state index in [-0.39, 0.29) is 23.6 Å². The van der Waals surface area contributed by atoms with Gasteiger partial charge in [0, 0.05) is 25.2 Å². The van der Waals surface area contributed by atoms with Crippen molar-refractivity contribution in [2.45, 2.75) is 45.2 Å². The van der Waals surface area contributed by atoms with E-state index in [9.17, 15) is 8.42 Å². The van der Waals surface area contributed by atoms with Crippen molar-refractivity contribution in [3.05, 3.63) is 0 Å². The van der Waals surface area contributed by atoms with Crippen LogP contribution in [-0.2, 0) is 9.84 Å². The van der Waals surface area contributed by atoms with Crippen molar-refractivity contribution in [3.63, 3.8) is 0 Å². The van der Waals surface area contributed by atoms with Crippen LogP contribution in [-0.4, -0.2) is 50.0 Å². The van der Waals surface area contributed by atoms with Crippen LogP contribution in [0.25, 0.3) is 0 Å². The zero-order valence-electron chi connectivity index (χ0n) is 10.4. The fourth-order valence-corrected chi connectivity index (χ4v) is 3.79. The molecule has 0 amide bonds. The number of unbranched alkanes of at least 4 members (excludes halogenated alkanes) is 1. The Kier molecular flexibility index (Phi) is 5.21. The van der Waals surface area contributed by atoms with Gasteiger partial charge in [0.1, 0.15) is 0 Å². The van der Waals surface area contributed by atoms with Gasteiger partial charge in [-0.05, 0) is 13.3 Å². The lowest BCUT2D eigenvalue weighted by Crippen LogP contribution is -2.50. The average molecular weight is 248 g/mol. The first-order valence-electron chi connectivity index (χ1n) is 6.14. The lowest BCUT2D eigenvalue weighted by Gasteiger charge is -2.34. The number of rotatable bonds is 5. The van der Waals surface area contributed by atoms with Gasteiger partial charge in [-0.3, -0.25) is 4.90 Å². The summed E-state index contributed by atoms with van der Waals surface area (Å²) in [6.07, 6.45) is 3.35. The second-order valence-corrected chi connectivity index (χ2v) is 7.09. The fraction of sp³-hybridized carbons (Fsp3) is 1.00. The second-order valence-electron chi connectivity index (χ2n) is 4.86. The first kappa shape index (κ1) is 13.9. The largest absolute Gasteiger partial charge is 0.327 e. The maximum atomic E-state index is 11.4. The summed E-state index contributed by atoms with van der Waals surface area (Å²) in [4.78, 5) is 2.21. The van der Waals surface area contributed by atoms with Crippen LogP contribution in [0, 0.1) is 0 Å². The maximum absolute atomic E-state index is 11.4. The van der Waals surface area contributed by atoms with E-state index in [0.29, 0.717) is 6.54 Å². The number of hydrogen-bond donors (Lipinski definition) is 1.